The minimum atomic E-state index is -3.12. The molecule has 0 unspecified atom stereocenters. The quantitative estimate of drug-likeness (QED) is 0.849. The van der Waals surface area contributed by atoms with E-state index < -0.39 is 9.84 Å². The smallest absolute Gasteiger partial charge is 0.178 e. The van der Waals surface area contributed by atoms with Crippen LogP contribution in [0, 0.1) is 6.92 Å². The topological polar surface area (TPSA) is 59.1 Å². The van der Waals surface area contributed by atoms with Gasteiger partial charge >= 0.3 is 0 Å². The van der Waals surface area contributed by atoms with Crippen LogP contribution in [0.15, 0.2) is 34.5 Å². The molecule has 0 aliphatic heterocycles. The summed E-state index contributed by atoms with van der Waals surface area (Å²) in [4.78, 5) is 4.80. The Labute approximate surface area is 130 Å². The van der Waals surface area contributed by atoms with E-state index in [1.807, 2.05) is 26.0 Å². The molecule has 0 amide bonds. The average molecular weight is 324 g/mol. The third-order valence-electron chi connectivity index (χ3n) is 3.06. The molecular formula is C15H20N2O2S2. The maximum Gasteiger partial charge on any atom is 0.178 e. The fraction of sp³-hybridized carbons (Fsp3) is 0.400. The number of nitrogens with one attached hydrogen (secondary N) is 1. The second-order valence-electron chi connectivity index (χ2n) is 4.88. The molecule has 0 aliphatic carbocycles. The Morgan fingerprint density at radius 2 is 1.95 bits per heavy atom. The van der Waals surface area contributed by atoms with E-state index in [0.29, 0.717) is 11.3 Å². The van der Waals surface area contributed by atoms with Crippen LogP contribution in [0.3, 0.4) is 0 Å². The standard InChI is InChI=1S/C15H20N2O2S2/c1-3-10-21(18,19)15-6-4-13(5-7-15)16-9-8-14-11-20-12(2)17-14/h4-7,11,16H,3,8-10H2,1-2H3. The van der Waals surface area contributed by atoms with Crippen molar-refractivity contribution in [1.29, 1.82) is 0 Å². The molecule has 1 heterocycles. The number of hydrogen-bond donors (Lipinski definition) is 1. The Balaban J connectivity index is 1.90. The molecule has 0 bridgehead atoms. The highest BCUT2D eigenvalue weighted by molar-refractivity contribution is 7.91. The molecule has 1 N–H and O–H groups in total. The Morgan fingerprint density at radius 1 is 1.24 bits per heavy atom. The number of nitrogens with zero attached hydrogens (tertiary/aromatic N) is 1. The van der Waals surface area contributed by atoms with Crippen molar-refractivity contribution in [3.05, 3.63) is 40.3 Å². The number of sulfone groups is 1. The van der Waals surface area contributed by atoms with Crippen LogP contribution in [0.5, 0.6) is 0 Å². The van der Waals surface area contributed by atoms with Crippen molar-refractivity contribution in [2.75, 3.05) is 17.6 Å². The van der Waals surface area contributed by atoms with Crippen LogP contribution in [0.4, 0.5) is 5.69 Å². The number of rotatable bonds is 7. The van der Waals surface area contributed by atoms with E-state index in [-0.39, 0.29) is 5.75 Å². The zero-order valence-corrected chi connectivity index (χ0v) is 13.9. The molecule has 0 radical (unpaired) electrons. The normalized spacial score (nSPS) is 11.5. The minimum absolute atomic E-state index is 0.197. The Morgan fingerprint density at radius 3 is 2.52 bits per heavy atom. The number of benzene rings is 1. The van der Waals surface area contributed by atoms with Crippen LogP contribution in [0.1, 0.15) is 24.0 Å². The van der Waals surface area contributed by atoms with Crippen molar-refractivity contribution in [2.24, 2.45) is 0 Å². The van der Waals surface area contributed by atoms with Crippen LogP contribution >= 0.6 is 11.3 Å². The van der Waals surface area contributed by atoms with E-state index in [0.717, 1.165) is 29.4 Å². The third-order valence-corrected chi connectivity index (χ3v) is 5.82. The molecule has 1 aromatic heterocycles. The van der Waals surface area contributed by atoms with Crippen molar-refractivity contribution < 1.29 is 8.42 Å². The number of aromatic nitrogens is 1. The van der Waals surface area contributed by atoms with Crippen LogP contribution < -0.4 is 5.32 Å². The first-order chi connectivity index (χ1) is 10.0. The zero-order valence-electron chi connectivity index (χ0n) is 12.3. The summed E-state index contributed by atoms with van der Waals surface area (Å²) >= 11 is 1.65. The van der Waals surface area contributed by atoms with E-state index in [9.17, 15) is 8.42 Å². The summed E-state index contributed by atoms with van der Waals surface area (Å²) in [6, 6.07) is 6.96. The van der Waals surface area contributed by atoms with Gasteiger partial charge in [0.2, 0.25) is 0 Å². The molecule has 0 aliphatic rings. The molecule has 114 valence electrons. The molecule has 0 spiro atoms. The van der Waals surface area contributed by atoms with Gasteiger partial charge in [-0.15, -0.1) is 11.3 Å². The Hall–Kier alpha value is -1.40. The molecule has 6 heteroatoms. The summed E-state index contributed by atoms with van der Waals surface area (Å²) in [5.74, 6) is 0.197. The molecule has 0 fully saturated rings. The van der Waals surface area contributed by atoms with Crippen LogP contribution in [-0.4, -0.2) is 25.7 Å². The first kappa shape index (κ1) is 16.0. The van der Waals surface area contributed by atoms with Gasteiger partial charge in [-0.1, -0.05) is 6.92 Å². The lowest BCUT2D eigenvalue weighted by molar-refractivity contribution is 0.595. The van der Waals surface area contributed by atoms with Gasteiger partial charge in [0.1, 0.15) is 0 Å². The molecule has 1 aromatic carbocycles. The summed E-state index contributed by atoms with van der Waals surface area (Å²) in [5.41, 5.74) is 2.02. The molecule has 21 heavy (non-hydrogen) atoms. The molecule has 2 rings (SSSR count). The molecule has 0 saturated carbocycles. The van der Waals surface area contributed by atoms with Crippen molar-refractivity contribution in [3.8, 4) is 0 Å². The lowest BCUT2D eigenvalue weighted by Crippen LogP contribution is -2.07. The van der Waals surface area contributed by atoms with Gasteiger partial charge in [0.05, 0.1) is 21.3 Å². The predicted octanol–water partition coefficient (Wildman–Crippen LogP) is 3.29. The Kier molecular flexibility index (Phi) is 5.36. The van der Waals surface area contributed by atoms with Gasteiger partial charge in [-0.05, 0) is 37.6 Å². The monoisotopic (exact) mass is 324 g/mol. The SMILES string of the molecule is CCCS(=O)(=O)c1ccc(NCCc2csc(C)n2)cc1. The number of aryl methyl sites for hydroxylation is 1. The highest BCUT2D eigenvalue weighted by Crippen LogP contribution is 2.16. The summed E-state index contributed by atoms with van der Waals surface area (Å²) < 4.78 is 23.8. The average Bonchev–Trinajstić information content (AvgIpc) is 2.85. The van der Waals surface area contributed by atoms with Gasteiger partial charge in [0, 0.05) is 24.0 Å². The van der Waals surface area contributed by atoms with Gasteiger partial charge in [-0.25, -0.2) is 13.4 Å². The predicted molar refractivity (Wildman–Crippen MR) is 87.8 cm³/mol. The van der Waals surface area contributed by atoms with Gasteiger partial charge in [0.25, 0.3) is 0 Å². The summed E-state index contributed by atoms with van der Waals surface area (Å²) in [6.45, 7) is 4.65. The van der Waals surface area contributed by atoms with Crippen LogP contribution in [0.25, 0.3) is 0 Å². The fourth-order valence-electron chi connectivity index (χ4n) is 2.02. The van der Waals surface area contributed by atoms with Crippen LogP contribution in [-0.2, 0) is 16.3 Å². The zero-order chi connectivity index (χ0) is 15.3. The van der Waals surface area contributed by atoms with E-state index in [1.54, 1.807) is 23.5 Å². The highest BCUT2D eigenvalue weighted by Gasteiger charge is 2.12. The maximum absolute atomic E-state index is 11.9. The van der Waals surface area contributed by atoms with Gasteiger partial charge in [-0.2, -0.15) is 0 Å². The number of thiazole rings is 1. The molecule has 4 nitrogen and oxygen atoms in total. The molecular weight excluding hydrogens is 304 g/mol. The lowest BCUT2D eigenvalue weighted by atomic mass is 10.3. The van der Waals surface area contributed by atoms with Crippen molar-refractivity contribution >= 4 is 26.9 Å². The van der Waals surface area contributed by atoms with Gasteiger partial charge in [0.15, 0.2) is 9.84 Å². The second-order valence-corrected chi connectivity index (χ2v) is 8.05. The van der Waals surface area contributed by atoms with E-state index >= 15 is 0 Å². The fourth-order valence-corrected chi connectivity index (χ4v) is 4.00. The first-order valence-electron chi connectivity index (χ1n) is 6.99. The highest BCUT2D eigenvalue weighted by atomic mass is 32.2. The summed E-state index contributed by atoms with van der Waals surface area (Å²) in [7, 11) is -3.12. The van der Waals surface area contributed by atoms with Crippen LogP contribution in [0.2, 0.25) is 0 Å². The lowest BCUT2D eigenvalue weighted by Gasteiger charge is -2.07. The van der Waals surface area contributed by atoms with E-state index in [1.165, 1.54) is 0 Å². The number of hydrogen-bond acceptors (Lipinski definition) is 5. The van der Waals surface area contributed by atoms with Crippen molar-refractivity contribution in [2.45, 2.75) is 31.6 Å². The van der Waals surface area contributed by atoms with E-state index in [4.69, 9.17) is 0 Å². The molecule has 0 atom stereocenters. The summed E-state index contributed by atoms with van der Waals surface area (Å²) in [5, 5.41) is 6.43. The third kappa shape index (κ3) is 4.54. The van der Waals surface area contributed by atoms with E-state index in [2.05, 4.69) is 15.7 Å². The van der Waals surface area contributed by atoms with Gasteiger partial charge in [-0.3, -0.25) is 0 Å². The molecule has 0 saturated heterocycles. The molecule has 2 aromatic rings. The maximum atomic E-state index is 11.9. The number of anilines is 1. The largest absolute Gasteiger partial charge is 0.385 e. The minimum Gasteiger partial charge on any atom is -0.385 e. The Bertz CT molecular complexity index is 676. The summed E-state index contributed by atoms with van der Waals surface area (Å²) in [6.07, 6.45) is 1.50. The second kappa shape index (κ2) is 7.04. The van der Waals surface area contributed by atoms with Gasteiger partial charge < -0.3 is 5.32 Å². The first-order valence-corrected chi connectivity index (χ1v) is 9.52. The van der Waals surface area contributed by atoms with Crippen molar-refractivity contribution in [1.82, 2.24) is 4.98 Å². The van der Waals surface area contributed by atoms with Crippen molar-refractivity contribution in [3.63, 3.8) is 0 Å².